The number of aliphatic hydroxyl groups is 1. The number of fused-ring (bicyclic) bond motifs is 1. The van der Waals surface area contributed by atoms with Gasteiger partial charge in [-0.2, -0.15) is 4.98 Å². The maximum atomic E-state index is 13.7. The Kier molecular flexibility index (Phi) is 6.66. The molecule has 2 atom stereocenters. The van der Waals surface area contributed by atoms with E-state index in [9.17, 15) is 27.1 Å². The summed E-state index contributed by atoms with van der Waals surface area (Å²) in [5, 5.41) is 10.4. The molecule has 2 N–H and O–H groups in total. The third-order valence-corrected chi connectivity index (χ3v) is 8.14. The number of aromatic nitrogens is 3. The van der Waals surface area contributed by atoms with Crippen molar-refractivity contribution in [2.45, 2.75) is 60.7 Å². The molecular formula is C20H23B4F2N5O4S. The number of rotatable bonds is 5. The van der Waals surface area contributed by atoms with Gasteiger partial charge in [-0.15, -0.1) is 0 Å². The van der Waals surface area contributed by atoms with Crippen molar-refractivity contribution < 1.29 is 22.3 Å². The highest BCUT2D eigenvalue weighted by molar-refractivity contribution is 7.88. The summed E-state index contributed by atoms with van der Waals surface area (Å²) in [4.78, 5) is 21.6. The summed E-state index contributed by atoms with van der Waals surface area (Å²) in [7, 11) is 21.1. The molecular weight excluding hydrogens is 488 g/mol. The highest BCUT2D eigenvalue weighted by Gasteiger charge is 2.48. The molecule has 36 heavy (non-hydrogen) atoms. The third kappa shape index (κ3) is 4.83. The van der Waals surface area contributed by atoms with Gasteiger partial charge in [0.1, 0.15) is 5.65 Å². The van der Waals surface area contributed by atoms with E-state index in [1.807, 2.05) is 0 Å². The minimum Gasteiger partial charge on any atom is -0.388 e. The van der Waals surface area contributed by atoms with Crippen molar-refractivity contribution >= 4 is 58.4 Å². The van der Waals surface area contributed by atoms with Crippen LogP contribution in [-0.4, -0.2) is 94.7 Å². The Bertz CT molecular complexity index is 1340. The molecule has 1 aliphatic heterocycles. The number of piperidine rings is 1. The quantitative estimate of drug-likeness (QED) is 0.551. The van der Waals surface area contributed by atoms with Crippen LogP contribution in [0.25, 0.3) is 11.0 Å². The zero-order valence-electron chi connectivity index (χ0n) is 19.9. The Labute approximate surface area is 213 Å². The van der Waals surface area contributed by atoms with Crippen molar-refractivity contribution in [3.63, 3.8) is 0 Å². The number of halogens is 2. The van der Waals surface area contributed by atoms with Crippen LogP contribution in [0.2, 0.25) is 10.4 Å². The zero-order chi connectivity index (χ0) is 26.8. The topological polar surface area (TPSA) is 117 Å². The molecule has 4 rings (SSSR count). The van der Waals surface area contributed by atoms with Gasteiger partial charge in [-0.25, -0.2) is 26.5 Å². The van der Waals surface area contributed by atoms with E-state index in [0.717, 1.165) is 21.2 Å². The van der Waals surface area contributed by atoms with E-state index >= 15 is 0 Å². The molecule has 0 spiro atoms. The number of hydrogen-bond acceptors (Lipinski definition) is 7. The number of hydrogen-bond donors (Lipinski definition) is 2. The molecule has 0 amide bonds. The fourth-order valence-electron chi connectivity index (χ4n) is 5.18. The molecule has 1 saturated carbocycles. The van der Waals surface area contributed by atoms with Gasteiger partial charge in [-0.3, -0.25) is 9.36 Å². The monoisotopic (exact) mass is 511 g/mol. The van der Waals surface area contributed by atoms with Gasteiger partial charge >= 0.3 is 0 Å². The summed E-state index contributed by atoms with van der Waals surface area (Å²) in [5.74, 6) is -0.114. The second-order valence-corrected chi connectivity index (χ2v) is 12.1. The van der Waals surface area contributed by atoms with Crippen LogP contribution in [0.1, 0.15) is 44.2 Å². The highest BCUT2D eigenvalue weighted by atomic mass is 32.2. The lowest BCUT2D eigenvalue weighted by molar-refractivity contribution is 0.0261. The Hall–Kier alpha value is -1.92. The highest BCUT2D eigenvalue weighted by Crippen LogP contribution is 2.45. The Morgan fingerprint density at radius 1 is 1.22 bits per heavy atom. The molecule has 2 fully saturated rings. The third-order valence-electron chi connectivity index (χ3n) is 6.94. The lowest BCUT2D eigenvalue weighted by Gasteiger charge is -2.54. The largest absolute Gasteiger partial charge is 0.388 e. The van der Waals surface area contributed by atoms with Crippen LogP contribution in [0.3, 0.4) is 0 Å². The summed E-state index contributed by atoms with van der Waals surface area (Å²) in [6.45, 7) is 0.934. The van der Waals surface area contributed by atoms with Crippen molar-refractivity contribution in [3.05, 3.63) is 28.2 Å². The molecule has 2 aliphatic rings. The lowest BCUT2D eigenvalue weighted by Crippen LogP contribution is -2.60. The fraction of sp³-hybridized carbons (Fsp3) is 0.650. The minimum atomic E-state index is -3.70. The molecule has 0 aromatic carbocycles. The van der Waals surface area contributed by atoms with Crippen molar-refractivity contribution in [2.75, 3.05) is 24.7 Å². The molecule has 8 radical (unpaired) electrons. The summed E-state index contributed by atoms with van der Waals surface area (Å²) in [6, 6.07) is -0.905. The molecule has 2 aromatic heterocycles. The van der Waals surface area contributed by atoms with Gasteiger partial charge in [0.05, 0.1) is 54.8 Å². The van der Waals surface area contributed by atoms with Gasteiger partial charge in [0, 0.05) is 30.7 Å². The lowest BCUT2D eigenvalue weighted by atomic mass is 9.36. The van der Waals surface area contributed by atoms with Crippen molar-refractivity contribution in [1.82, 2.24) is 18.8 Å². The van der Waals surface area contributed by atoms with Crippen LogP contribution in [0.15, 0.2) is 17.1 Å². The van der Waals surface area contributed by atoms with Crippen molar-refractivity contribution in [1.29, 1.82) is 0 Å². The first-order valence-electron chi connectivity index (χ1n) is 11.2. The second-order valence-electron chi connectivity index (χ2n) is 10.1. The number of alkyl halides is 2. The van der Waals surface area contributed by atoms with Gasteiger partial charge in [0.15, 0.2) is 0 Å². The van der Waals surface area contributed by atoms with Gasteiger partial charge in [-0.05, 0) is 32.3 Å². The predicted octanol–water partition coefficient (Wildman–Crippen LogP) is 0.167. The molecule has 9 nitrogen and oxygen atoms in total. The standard InChI is InChI=1S/C20H23B4F2N5O4S/c1-18(33)5-3-4-12(18)31-14-10(6-11(13(25)26)15(31)32)7-27-17(28-14)29-16-19(21,22)8-30(36(2,34)35)9-20(16,23)24/h6-7,12-13,16,33H,3-5,8-9H2,1-2H3,(H,27,28,29)/t12-,18-/m1/s1. The fourth-order valence-corrected chi connectivity index (χ4v) is 6.09. The first-order valence-corrected chi connectivity index (χ1v) is 13.1. The SMILES string of the molecule is [B]C1([B])CN(S(C)(=O)=O)CC([B])([B])C1Nc1ncc2cc(C(F)F)c(=O)n([C@@H]3CCC[C@@]3(C)O)c2n1. The first-order chi connectivity index (χ1) is 16.4. The molecule has 0 unspecified atom stereocenters. The van der Waals surface area contributed by atoms with Gasteiger partial charge < -0.3 is 10.4 Å². The van der Waals surface area contributed by atoms with E-state index in [1.54, 1.807) is 6.92 Å². The van der Waals surface area contributed by atoms with Crippen LogP contribution < -0.4 is 10.9 Å². The van der Waals surface area contributed by atoms with E-state index in [1.165, 1.54) is 6.20 Å². The smallest absolute Gasteiger partial charge is 0.269 e. The van der Waals surface area contributed by atoms with Crippen LogP contribution in [0.5, 0.6) is 0 Å². The van der Waals surface area contributed by atoms with Gasteiger partial charge in [0.2, 0.25) is 16.0 Å². The Morgan fingerprint density at radius 2 is 1.83 bits per heavy atom. The summed E-state index contributed by atoms with van der Waals surface area (Å²) >= 11 is 0. The van der Waals surface area contributed by atoms with E-state index in [-0.39, 0.29) is 30.1 Å². The van der Waals surface area contributed by atoms with Crippen LogP contribution in [0.4, 0.5) is 14.7 Å². The summed E-state index contributed by atoms with van der Waals surface area (Å²) in [6.07, 6.45) is 0.531. The molecule has 3 heterocycles. The molecule has 2 aromatic rings. The number of pyridine rings is 1. The summed E-state index contributed by atoms with van der Waals surface area (Å²) < 4.78 is 53.5. The van der Waals surface area contributed by atoms with Crippen molar-refractivity contribution in [2.24, 2.45) is 0 Å². The van der Waals surface area contributed by atoms with Gasteiger partial charge in [0.25, 0.3) is 12.0 Å². The Morgan fingerprint density at radius 3 is 2.33 bits per heavy atom. The molecule has 184 valence electrons. The van der Waals surface area contributed by atoms with Gasteiger partial charge in [-0.1, -0.05) is 10.4 Å². The van der Waals surface area contributed by atoms with E-state index in [0.29, 0.717) is 19.3 Å². The maximum Gasteiger partial charge on any atom is 0.269 e. The van der Waals surface area contributed by atoms with Crippen LogP contribution in [-0.2, 0) is 10.0 Å². The Balaban J connectivity index is 1.81. The summed E-state index contributed by atoms with van der Waals surface area (Å²) in [5.41, 5.74) is -2.99. The minimum absolute atomic E-state index is 0.0157. The number of nitrogens with one attached hydrogen (secondary N) is 1. The molecule has 16 heteroatoms. The average Bonchev–Trinajstić information content (AvgIpc) is 3.07. The van der Waals surface area contributed by atoms with Crippen LogP contribution >= 0.6 is 0 Å². The predicted molar refractivity (Wildman–Crippen MR) is 134 cm³/mol. The zero-order valence-corrected chi connectivity index (χ0v) is 20.7. The number of nitrogens with zero attached hydrogens (tertiary/aromatic N) is 4. The van der Waals surface area contributed by atoms with E-state index in [2.05, 4.69) is 15.3 Å². The normalized spacial score (nSPS) is 27.0. The number of anilines is 1. The van der Waals surface area contributed by atoms with Crippen molar-refractivity contribution in [3.8, 4) is 0 Å². The number of sulfonamides is 1. The second kappa shape index (κ2) is 8.83. The first kappa shape index (κ1) is 27.1. The van der Waals surface area contributed by atoms with E-state index < -0.39 is 55.7 Å². The maximum absolute atomic E-state index is 13.7. The molecule has 1 aliphatic carbocycles. The molecule has 1 saturated heterocycles. The molecule has 0 bridgehead atoms. The average molecular weight is 511 g/mol. The van der Waals surface area contributed by atoms with E-state index in [4.69, 9.17) is 31.4 Å². The van der Waals surface area contributed by atoms with Crippen LogP contribution in [0, 0.1) is 0 Å².